The lowest BCUT2D eigenvalue weighted by molar-refractivity contribution is -1.28. The number of nitrogens with zero attached hydrogens (tertiary/aromatic N) is 3. The van der Waals surface area contributed by atoms with Gasteiger partial charge >= 0.3 is 6.29 Å². The average molecular weight is 461 g/mol. The number of quaternary nitrogens is 3. The first-order chi connectivity index (χ1) is 14.9. The largest absolute Gasteiger partial charge is 0.391 e. The molecule has 0 aliphatic carbocycles. The van der Waals surface area contributed by atoms with Gasteiger partial charge in [-0.25, -0.2) is 13.4 Å². The Morgan fingerprint density at radius 1 is 0.290 bits per heavy atom. The third-order valence-electron chi connectivity index (χ3n) is 6.38. The summed E-state index contributed by atoms with van der Waals surface area (Å²) < 4.78 is -0.156. The Morgan fingerprint density at radius 3 is 0.516 bits per heavy atom. The molecule has 0 saturated heterocycles. The van der Waals surface area contributed by atoms with E-state index in [1.807, 2.05) is 0 Å². The van der Waals surface area contributed by atoms with Gasteiger partial charge in [-0.2, -0.15) is 0 Å². The molecule has 0 aromatic heterocycles. The van der Waals surface area contributed by atoms with E-state index < -0.39 is 6.29 Å². The summed E-state index contributed by atoms with van der Waals surface area (Å²) in [6.45, 7) is -1.61. The van der Waals surface area contributed by atoms with E-state index in [1.165, 1.54) is 0 Å². The van der Waals surface area contributed by atoms with Crippen LogP contribution in [0, 0.1) is 0 Å². The van der Waals surface area contributed by atoms with Crippen LogP contribution in [0.15, 0.2) is 0 Å². The molecule has 188 valence electrons. The van der Waals surface area contributed by atoms with Gasteiger partial charge in [0.1, 0.15) is 58.9 Å². The highest BCUT2D eigenvalue weighted by Crippen LogP contribution is 2.33. The van der Waals surface area contributed by atoms with Gasteiger partial charge in [-0.05, 0) is 0 Å². The second-order valence-corrected chi connectivity index (χ2v) is 8.03. The molecule has 0 spiro atoms. The van der Waals surface area contributed by atoms with Crippen LogP contribution in [0.1, 0.15) is 0 Å². The third-order valence-corrected chi connectivity index (χ3v) is 6.38. The molecule has 0 aliphatic rings. The van der Waals surface area contributed by atoms with E-state index in [-0.39, 0.29) is 132 Å². The molecule has 0 amide bonds. The summed E-state index contributed by atoms with van der Waals surface area (Å²) in [6.07, 6.45) is -0.732. The maximum absolute atomic E-state index is 9.93. The van der Waals surface area contributed by atoms with Gasteiger partial charge < -0.3 is 46.0 Å². The Kier molecular flexibility index (Phi) is 15.9. The summed E-state index contributed by atoms with van der Waals surface area (Å²) in [6, 6.07) is 0. The lowest BCUT2D eigenvalue weighted by Crippen LogP contribution is -2.84. The Morgan fingerprint density at radius 2 is 0.419 bits per heavy atom. The second-order valence-electron chi connectivity index (χ2n) is 8.03. The molecular formula is C19H46N3O9+3. The number of rotatable bonds is 21. The van der Waals surface area contributed by atoms with Crippen LogP contribution in [0.5, 0.6) is 0 Å². The molecule has 0 aromatic rings. The van der Waals surface area contributed by atoms with Gasteiger partial charge in [-0.15, -0.1) is 0 Å². The molecule has 0 fully saturated rings. The predicted octanol–water partition coefficient (Wildman–Crippen LogP) is -5.35. The Balaban J connectivity index is 7.25. The number of aliphatic hydroxyl groups excluding tert-OH is 9. The Labute approximate surface area is 184 Å². The summed E-state index contributed by atoms with van der Waals surface area (Å²) in [5.74, 6) is 0. The maximum atomic E-state index is 9.93. The van der Waals surface area contributed by atoms with E-state index in [0.29, 0.717) is 0 Å². The fourth-order valence-corrected chi connectivity index (χ4v) is 5.40. The molecule has 0 rings (SSSR count). The highest BCUT2D eigenvalue weighted by Gasteiger charge is 2.61. The maximum Gasteiger partial charge on any atom is 0.344 e. The summed E-state index contributed by atoms with van der Waals surface area (Å²) in [5.41, 5.74) is 0. The molecule has 0 bridgehead atoms. The van der Waals surface area contributed by atoms with Crippen molar-refractivity contribution >= 4 is 0 Å². The van der Waals surface area contributed by atoms with Crippen LogP contribution in [0.2, 0.25) is 0 Å². The fourth-order valence-electron chi connectivity index (χ4n) is 5.40. The smallest absolute Gasteiger partial charge is 0.344 e. The summed E-state index contributed by atoms with van der Waals surface area (Å²) in [5, 5.41) is 89.3. The van der Waals surface area contributed by atoms with Crippen molar-refractivity contribution in [2.75, 3.05) is 118 Å². The molecule has 0 aliphatic heterocycles. The monoisotopic (exact) mass is 460 g/mol. The Hall–Kier alpha value is -0.480. The van der Waals surface area contributed by atoms with Crippen molar-refractivity contribution in [3.05, 3.63) is 0 Å². The quantitative estimate of drug-likeness (QED) is 0.0596. The van der Waals surface area contributed by atoms with E-state index in [1.54, 1.807) is 0 Å². The first-order valence-corrected chi connectivity index (χ1v) is 11.0. The highest BCUT2D eigenvalue weighted by atomic mass is 16.3. The molecule has 0 atom stereocenters. The molecule has 0 saturated carbocycles. The molecule has 0 heterocycles. The van der Waals surface area contributed by atoms with Crippen molar-refractivity contribution in [2.24, 2.45) is 0 Å². The van der Waals surface area contributed by atoms with E-state index in [2.05, 4.69) is 0 Å². The standard InChI is InChI=1S/C19H46N3O9/c23-10-1-20(2-11-24,3-12-25)19(21(4-13-26,5-14-27)6-15-28)22(7-16-29,8-17-30)9-18-31/h19,23-31H,1-18H2/q+3. The topological polar surface area (TPSA) is 182 Å². The van der Waals surface area contributed by atoms with Crippen molar-refractivity contribution in [3.8, 4) is 0 Å². The lowest BCUT2D eigenvalue weighted by atomic mass is 10.1. The minimum atomic E-state index is -0.732. The van der Waals surface area contributed by atoms with Crippen LogP contribution in [0.3, 0.4) is 0 Å². The SMILES string of the molecule is OCC[N+](CCO)(CCO)C([N+](CCO)(CCO)CCO)[N+](CCO)(CCO)CCO. The molecular weight excluding hydrogens is 414 g/mol. The molecule has 12 nitrogen and oxygen atoms in total. The van der Waals surface area contributed by atoms with Crippen molar-refractivity contribution in [2.45, 2.75) is 6.29 Å². The van der Waals surface area contributed by atoms with Gasteiger partial charge in [-0.1, -0.05) is 0 Å². The van der Waals surface area contributed by atoms with Crippen LogP contribution < -0.4 is 0 Å². The van der Waals surface area contributed by atoms with Gasteiger partial charge in [0.2, 0.25) is 0 Å². The van der Waals surface area contributed by atoms with Crippen molar-refractivity contribution < 1.29 is 59.4 Å². The molecule has 9 N–H and O–H groups in total. The zero-order valence-electron chi connectivity index (χ0n) is 18.7. The Bertz CT molecular complexity index is 333. The summed E-state index contributed by atoms with van der Waals surface area (Å²) in [7, 11) is 0. The number of aliphatic hydroxyl groups is 9. The van der Waals surface area contributed by atoms with Crippen molar-refractivity contribution in [3.63, 3.8) is 0 Å². The van der Waals surface area contributed by atoms with Crippen molar-refractivity contribution in [1.82, 2.24) is 0 Å². The third kappa shape index (κ3) is 7.81. The van der Waals surface area contributed by atoms with Gasteiger partial charge in [0.15, 0.2) is 0 Å². The summed E-state index contributed by atoms with van der Waals surface area (Å²) >= 11 is 0. The van der Waals surface area contributed by atoms with Gasteiger partial charge in [0.25, 0.3) is 0 Å². The molecule has 0 aromatic carbocycles. The second kappa shape index (κ2) is 16.2. The van der Waals surface area contributed by atoms with E-state index in [4.69, 9.17) is 0 Å². The first kappa shape index (κ1) is 30.5. The van der Waals surface area contributed by atoms with Gasteiger partial charge in [-0.3, -0.25) is 0 Å². The molecule has 0 unspecified atom stereocenters. The zero-order valence-corrected chi connectivity index (χ0v) is 18.7. The van der Waals surface area contributed by atoms with E-state index in [0.717, 1.165) is 0 Å². The predicted molar refractivity (Wildman–Crippen MR) is 112 cm³/mol. The first-order valence-electron chi connectivity index (χ1n) is 11.0. The van der Waals surface area contributed by atoms with Crippen LogP contribution >= 0.6 is 0 Å². The number of hydrogen-bond acceptors (Lipinski definition) is 9. The fraction of sp³-hybridized carbons (Fsp3) is 1.00. The highest BCUT2D eigenvalue weighted by molar-refractivity contribution is 4.57. The van der Waals surface area contributed by atoms with Crippen LogP contribution in [0.4, 0.5) is 0 Å². The molecule has 31 heavy (non-hydrogen) atoms. The molecule has 0 radical (unpaired) electrons. The minimum Gasteiger partial charge on any atom is -0.391 e. The molecule has 12 heteroatoms. The van der Waals surface area contributed by atoms with Crippen LogP contribution in [0.25, 0.3) is 0 Å². The zero-order chi connectivity index (χ0) is 23.8. The van der Waals surface area contributed by atoms with Crippen LogP contribution in [-0.4, -0.2) is 184 Å². The normalized spacial score (nSPS) is 13.4. The summed E-state index contributed by atoms with van der Waals surface area (Å²) in [4.78, 5) is 0. The average Bonchev–Trinajstić information content (AvgIpc) is 2.70. The van der Waals surface area contributed by atoms with E-state index in [9.17, 15) is 46.0 Å². The lowest BCUT2D eigenvalue weighted by Gasteiger charge is -2.58. The number of hydrogen-bond donors (Lipinski definition) is 9. The minimum absolute atomic E-state index is 0.0521. The van der Waals surface area contributed by atoms with Gasteiger partial charge in [0, 0.05) is 0 Å². The van der Waals surface area contributed by atoms with E-state index >= 15 is 0 Å². The van der Waals surface area contributed by atoms with Gasteiger partial charge in [0.05, 0.1) is 59.5 Å². The van der Waals surface area contributed by atoms with Crippen molar-refractivity contribution in [1.29, 1.82) is 0 Å². The van der Waals surface area contributed by atoms with Crippen LogP contribution in [-0.2, 0) is 0 Å².